The standard InChI is InChI=1S/C16H14Cl2N2O5S/c1-25-9-15(21)19-11-3-5-12(6-4-11)26(23,24)20-16(22)13-7-2-10(17)8-14(13)18/h2-8H,9H2,1H3,(H,19,21)(H,20,22). The lowest BCUT2D eigenvalue weighted by atomic mass is 10.2. The first-order chi connectivity index (χ1) is 12.2. The van der Waals surface area contributed by atoms with Crippen LogP contribution in [0.25, 0.3) is 0 Å². The van der Waals surface area contributed by atoms with E-state index in [1.54, 1.807) is 0 Å². The fourth-order valence-corrected chi connectivity index (χ4v) is 3.42. The van der Waals surface area contributed by atoms with Gasteiger partial charge >= 0.3 is 0 Å². The molecule has 0 spiro atoms. The second-order valence-electron chi connectivity index (χ2n) is 5.06. The molecule has 138 valence electrons. The first-order valence-electron chi connectivity index (χ1n) is 7.14. The van der Waals surface area contributed by atoms with Crippen molar-refractivity contribution in [1.82, 2.24) is 4.72 Å². The summed E-state index contributed by atoms with van der Waals surface area (Å²) in [5.74, 6) is -1.27. The van der Waals surface area contributed by atoms with E-state index in [1.807, 2.05) is 4.72 Å². The maximum atomic E-state index is 12.3. The number of sulfonamides is 1. The van der Waals surface area contributed by atoms with E-state index in [4.69, 9.17) is 23.2 Å². The number of carbonyl (C=O) groups excluding carboxylic acids is 2. The lowest BCUT2D eigenvalue weighted by Gasteiger charge is -2.09. The van der Waals surface area contributed by atoms with E-state index in [9.17, 15) is 18.0 Å². The maximum Gasteiger partial charge on any atom is 0.266 e. The van der Waals surface area contributed by atoms with Crippen molar-refractivity contribution in [3.63, 3.8) is 0 Å². The van der Waals surface area contributed by atoms with E-state index in [0.717, 1.165) is 0 Å². The summed E-state index contributed by atoms with van der Waals surface area (Å²) in [4.78, 5) is 23.4. The van der Waals surface area contributed by atoms with E-state index in [1.165, 1.54) is 49.6 Å². The highest BCUT2D eigenvalue weighted by Gasteiger charge is 2.20. The topological polar surface area (TPSA) is 102 Å². The zero-order valence-electron chi connectivity index (χ0n) is 13.5. The van der Waals surface area contributed by atoms with Gasteiger partial charge in [0.1, 0.15) is 6.61 Å². The van der Waals surface area contributed by atoms with Crippen LogP contribution >= 0.6 is 23.2 Å². The lowest BCUT2D eigenvalue weighted by molar-refractivity contribution is -0.119. The van der Waals surface area contributed by atoms with E-state index in [2.05, 4.69) is 10.1 Å². The molecule has 0 bridgehead atoms. The van der Waals surface area contributed by atoms with Crippen LogP contribution < -0.4 is 10.0 Å². The van der Waals surface area contributed by atoms with Crippen LogP contribution in [0, 0.1) is 0 Å². The summed E-state index contributed by atoms with van der Waals surface area (Å²) in [5, 5.41) is 2.87. The quantitative estimate of drug-likeness (QED) is 0.753. The van der Waals surface area contributed by atoms with Gasteiger partial charge in [-0.1, -0.05) is 23.2 Å². The van der Waals surface area contributed by atoms with Crippen molar-refractivity contribution in [2.75, 3.05) is 19.0 Å². The van der Waals surface area contributed by atoms with Crippen LogP contribution in [-0.2, 0) is 19.6 Å². The van der Waals surface area contributed by atoms with Gasteiger partial charge in [0, 0.05) is 17.8 Å². The molecule has 0 saturated carbocycles. The van der Waals surface area contributed by atoms with Gasteiger partial charge in [0.05, 0.1) is 15.5 Å². The van der Waals surface area contributed by atoms with Crippen LogP contribution in [0.15, 0.2) is 47.4 Å². The predicted molar refractivity (Wildman–Crippen MR) is 98.1 cm³/mol. The number of ether oxygens (including phenoxy) is 1. The van der Waals surface area contributed by atoms with E-state index in [0.29, 0.717) is 10.7 Å². The highest BCUT2D eigenvalue weighted by atomic mass is 35.5. The minimum atomic E-state index is -4.12. The van der Waals surface area contributed by atoms with Crippen molar-refractivity contribution in [1.29, 1.82) is 0 Å². The second-order valence-corrected chi connectivity index (χ2v) is 7.59. The van der Waals surface area contributed by atoms with Crippen LogP contribution in [0.4, 0.5) is 5.69 Å². The van der Waals surface area contributed by atoms with Crippen LogP contribution in [0.1, 0.15) is 10.4 Å². The zero-order chi connectivity index (χ0) is 19.3. The van der Waals surface area contributed by atoms with Gasteiger partial charge in [0.2, 0.25) is 5.91 Å². The lowest BCUT2D eigenvalue weighted by Crippen LogP contribution is -2.30. The number of anilines is 1. The Labute approximate surface area is 160 Å². The number of halogens is 2. The third-order valence-corrected chi connectivity index (χ3v) is 5.02. The molecular formula is C16H14Cl2N2O5S. The molecule has 26 heavy (non-hydrogen) atoms. The molecule has 7 nitrogen and oxygen atoms in total. The van der Waals surface area contributed by atoms with Gasteiger partial charge in [0.15, 0.2) is 0 Å². The van der Waals surface area contributed by atoms with Gasteiger partial charge in [-0.2, -0.15) is 0 Å². The summed E-state index contributed by atoms with van der Waals surface area (Å²) in [5.41, 5.74) is 0.362. The first-order valence-corrected chi connectivity index (χ1v) is 9.38. The summed E-state index contributed by atoms with van der Waals surface area (Å²) in [7, 11) is -2.74. The molecule has 0 unspecified atom stereocenters. The summed E-state index contributed by atoms with van der Waals surface area (Å²) < 4.78 is 31.3. The Hall–Kier alpha value is -2.13. The Bertz CT molecular complexity index is 930. The number of amides is 2. The Morgan fingerprint density at radius 1 is 1.08 bits per heavy atom. The Morgan fingerprint density at radius 2 is 1.73 bits per heavy atom. The van der Waals surface area contributed by atoms with Crippen LogP contribution in [0.2, 0.25) is 10.0 Å². The predicted octanol–water partition coefficient (Wildman–Crippen LogP) is 2.70. The van der Waals surface area contributed by atoms with Crippen molar-refractivity contribution in [3.8, 4) is 0 Å². The molecule has 0 aliphatic heterocycles. The summed E-state index contributed by atoms with van der Waals surface area (Å²) >= 11 is 11.7. The minimum Gasteiger partial charge on any atom is -0.375 e. The summed E-state index contributed by atoms with van der Waals surface area (Å²) in [6.45, 7) is -0.127. The van der Waals surface area contributed by atoms with E-state index in [-0.39, 0.29) is 28.0 Å². The van der Waals surface area contributed by atoms with Gasteiger partial charge < -0.3 is 10.1 Å². The third-order valence-electron chi connectivity index (χ3n) is 3.13. The number of rotatable bonds is 6. The molecule has 2 aromatic carbocycles. The Morgan fingerprint density at radius 3 is 2.31 bits per heavy atom. The van der Waals surface area contributed by atoms with Crippen molar-refractivity contribution in [3.05, 3.63) is 58.1 Å². The van der Waals surface area contributed by atoms with Crippen molar-refractivity contribution in [2.45, 2.75) is 4.90 Å². The maximum absolute atomic E-state index is 12.3. The first kappa shape index (κ1) is 20.2. The number of methoxy groups -OCH3 is 1. The Kier molecular flexibility index (Phi) is 6.60. The smallest absolute Gasteiger partial charge is 0.266 e. The molecule has 0 aliphatic rings. The molecule has 10 heteroatoms. The molecular weight excluding hydrogens is 403 g/mol. The molecule has 0 atom stereocenters. The second kappa shape index (κ2) is 8.50. The summed E-state index contributed by atoms with van der Waals surface area (Å²) in [6, 6.07) is 9.37. The Balaban J connectivity index is 2.14. The fraction of sp³-hybridized carbons (Fsp3) is 0.125. The third kappa shape index (κ3) is 5.18. The normalized spacial score (nSPS) is 11.0. The van der Waals surface area contributed by atoms with Crippen molar-refractivity contribution < 1.29 is 22.7 Å². The molecule has 2 aromatic rings. The number of nitrogens with one attached hydrogen (secondary N) is 2. The molecule has 0 aromatic heterocycles. The molecule has 2 rings (SSSR count). The number of carbonyl (C=O) groups is 2. The van der Waals surface area contributed by atoms with Crippen molar-refractivity contribution >= 4 is 50.7 Å². The van der Waals surface area contributed by atoms with Gasteiger partial charge in [0.25, 0.3) is 15.9 Å². The zero-order valence-corrected chi connectivity index (χ0v) is 15.8. The molecule has 0 heterocycles. The molecule has 2 N–H and O–H groups in total. The molecule has 0 aliphatic carbocycles. The number of hydrogen-bond acceptors (Lipinski definition) is 5. The van der Waals surface area contributed by atoms with Gasteiger partial charge in [-0.3, -0.25) is 9.59 Å². The van der Waals surface area contributed by atoms with Crippen LogP contribution in [0.3, 0.4) is 0 Å². The minimum absolute atomic E-state index is 0.0249. The van der Waals surface area contributed by atoms with Crippen LogP contribution in [0.5, 0.6) is 0 Å². The van der Waals surface area contributed by atoms with Gasteiger partial charge in [-0.15, -0.1) is 0 Å². The largest absolute Gasteiger partial charge is 0.375 e. The molecule has 2 amide bonds. The van der Waals surface area contributed by atoms with Crippen LogP contribution in [-0.4, -0.2) is 33.9 Å². The highest BCUT2D eigenvalue weighted by Crippen LogP contribution is 2.21. The average Bonchev–Trinajstić information content (AvgIpc) is 2.55. The SMILES string of the molecule is COCC(=O)Nc1ccc(S(=O)(=O)NC(=O)c2ccc(Cl)cc2Cl)cc1. The molecule has 0 fully saturated rings. The van der Waals surface area contributed by atoms with Gasteiger partial charge in [-0.25, -0.2) is 13.1 Å². The van der Waals surface area contributed by atoms with E-state index >= 15 is 0 Å². The highest BCUT2D eigenvalue weighted by molar-refractivity contribution is 7.90. The van der Waals surface area contributed by atoms with E-state index < -0.39 is 15.9 Å². The number of hydrogen-bond donors (Lipinski definition) is 2. The number of benzene rings is 2. The van der Waals surface area contributed by atoms with Gasteiger partial charge in [-0.05, 0) is 42.5 Å². The van der Waals surface area contributed by atoms with Crippen molar-refractivity contribution in [2.24, 2.45) is 0 Å². The summed E-state index contributed by atoms with van der Waals surface area (Å²) in [6.07, 6.45) is 0. The molecule has 0 saturated heterocycles. The monoisotopic (exact) mass is 416 g/mol. The molecule has 0 radical (unpaired) electrons. The fourth-order valence-electron chi connectivity index (χ4n) is 1.96. The average molecular weight is 417 g/mol.